The highest BCUT2D eigenvalue weighted by Gasteiger charge is 2.41. The minimum Gasteiger partial charge on any atom is -0.384 e. The van der Waals surface area contributed by atoms with Crippen LogP contribution in [-0.4, -0.2) is 25.9 Å². The predicted molar refractivity (Wildman–Crippen MR) is 97.4 cm³/mol. The van der Waals surface area contributed by atoms with Gasteiger partial charge in [0.2, 0.25) is 5.95 Å². The zero-order valence-electron chi connectivity index (χ0n) is 14.6. The number of non-ortho nitro benzene ring substituents is 1. The average molecular weight is 377 g/mol. The molecule has 0 fully saturated rings. The van der Waals surface area contributed by atoms with E-state index in [1.165, 1.54) is 24.5 Å². The number of H-pyrrole nitrogens is 1. The van der Waals surface area contributed by atoms with E-state index in [2.05, 4.69) is 21.3 Å². The molecule has 1 aromatic heterocycles. The number of nitro benzene ring substituents is 1. The first-order chi connectivity index (χ1) is 13.5. The van der Waals surface area contributed by atoms with Crippen molar-refractivity contribution in [3.63, 3.8) is 0 Å². The quantitative estimate of drug-likeness (QED) is 0.608. The first kappa shape index (κ1) is 17.4. The van der Waals surface area contributed by atoms with Crippen LogP contribution >= 0.6 is 0 Å². The van der Waals surface area contributed by atoms with Gasteiger partial charge in [0.05, 0.1) is 22.5 Å². The lowest BCUT2D eigenvalue weighted by molar-refractivity contribution is -0.384. The van der Waals surface area contributed by atoms with Gasteiger partial charge in [-0.2, -0.15) is 15.3 Å². The Hall–Kier alpha value is -4.00. The number of nitrogens with one attached hydrogen (secondary N) is 1. The van der Waals surface area contributed by atoms with E-state index in [9.17, 15) is 20.2 Å². The molecule has 10 nitrogen and oxygen atoms in total. The highest BCUT2D eigenvalue weighted by Crippen LogP contribution is 2.45. The zero-order valence-corrected chi connectivity index (χ0v) is 14.6. The van der Waals surface area contributed by atoms with Gasteiger partial charge in [-0.1, -0.05) is 12.1 Å². The van der Waals surface area contributed by atoms with Crippen LogP contribution < -0.4 is 10.6 Å². The molecule has 10 heteroatoms. The number of aromatic nitrogens is 3. The summed E-state index contributed by atoms with van der Waals surface area (Å²) in [6.45, 7) is 0. The molecule has 3 N–H and O–H groups in total. The van der Waals surface area contributed by atoms with Crippen LogP contribution in [-0.2, 0) is 4.79 Å². The molecule has 0 bridgehead atoms. The van der Waals surface area contributed by atoms with Crippen LogP contribution in [0.25, 0.3) is 0 Å². The Balaban J connectivity index is 1.97. The van der Waals surface area contributed by atoms with Gasteiger partial charge >= 0.3 is 0 Å². The molecule has 0 saturated heterocycles. The molecule has 1 aliphatic carbocycles. The van der Waals surface area contributed by atoms with Crippen molar-refractivity contribution in [2.24, 2.45) is 5.73 Å². The van der Waals surface area contributed by atoms with Gasteiger partial charge in [0.15, 0.2) is 5.78 Å². The summed E-state index contributed by atoms with van der Waals surface area (Å²) in [5.41, 5.74) is 7.89. The summed E-state index contributed by atoms with van der Waals surface area (Å²) in [4.78, 5) is 29.2. The number of anilines is 1. The molecular weight excluding hydrogens is 362 g/mol. The van der Waals surface area contributed by atoms with Crippen molar-refractivity contribution in [1.82, 2.24) is 15.2 Å². The molecule has 2 heterocycles. The lowest BCUT2D eigenvalue weighted by Crippen LogP contribution is -2.39. The van der Waals surface area contributed by atoms with E-state index in [1.807, 2.05) is 0 Å². The van der Waals surface area contributed by atoms with E-state index in [-0.39, 0.29) is 22.9 Å². The van der Waals surface area contributed by atoms with Crippen molar-refractivity contribution in [3.05, 3.63) is 68.9 Å². The Morgan fingerprint density at radius 1 is 1.39 bits per heavy atom. The van der Waals surface area contributed by atoms with E-state index in [0.717, 1.165) is 0 Å². The van der Waals surface area contributed by atoms with Crippen LogP contribution in [0, 0.1) is 21.4 Å². The van der Waals surface area contributed by atoms with E-state index in [4.69, 9.17) is 5.73 Å². The average Bonchev–Trinajstić information content (AvgIpc) is 3.21. The first-order valence-corrected chi connectivity index (χ1v) is 8.58. The summed E-state index contributed by atoms with van der Waals surface area (Å²) in [6.07, 6.45) is 2.85. The molecule has 1 unspecified atom stereocenters. The fourth-order valence-corrected chi connectivity index (χ4v) is 3.79. The second kappa shape index (κ2) is 6.62. The molecule has 0 radical (unpaired) electrons. The maximum absolute atomic E-state index is 12.9. The predicted octanol–water partition coefficient (Wildman–Crippen LogP) is 2.02. The molecule has 4 rings (SSSR count). The summed E-state index contributed by atoms with van der Waals surface area (Å²) < 4.78 is 0. The highest BCUT2D eigenvalue weighted by molar-refractivity contribution is 6.01. The SMILES string of the molecule is N#CC1=C(N)N(c2ncn[nH]2)C2=C(C(=O)CCC2)C1c1cccc([N+](=O)[O-])c1. The third-order valence-corrected chi connectivity index (χ3v) is 4.94. The smallest absolute Gasteiger partial charge is 0.269 e. The second-order valence-corrected chi connectivity index (χ2v) is 6.48. The number of rotatable bonds is 3. The summed E-state index contributed by atoms with van der Waals surface area (Å²) in [7, 11) is 0. The number of Topliss-reactive ketones (excluding diaryl/α,β-unsaturated/α-hetero) is 1. The fraction of sp³-hybridized carbons (Fsp3) is 0.222. The van der Waals surface area contributed by atoms with Gasteiger partial charge in [-0.25, -0.2) is 5.10 Å². The highest BCUT2D eigenvalue weighted by atomic mass is 16.6. The van der Waals surface area contributed by atoms with Crippen LogP contribution in [0.3, 0.4) is 0 Å². The van der Waals surface area contributed by atoms with Crippen LogP contribution in [0.15, 0.2) is 53.3 Å². The molecule has 1 aromatic carbocycles. The number of hydrogen-bond acceptors (Lipinski definition) is 8. The Labute approximate surface area is 159 Å². The van der Waals surface area contributed by atoms with E-state index in [0.29, 0.717) is 42.0 Å². The number of nitro groups is 1. The topological polar surface area (TPSA) is 155 Å². The summed E-state index contributed by atoms with van der Waals surface area (Å²) in [6, 6.07) is 8.04. The number of hydrogen-bond donors (Lipinski definition) is 2. The molecule has 1 aliphatic heterocycles. The van der Waals surface area contributed by atoms with Crippen molar-refractivity contribution in [2.75, 3.05) is 4.90 Å². The summed E-state index contributed by atoms with van der Waals surface area (Å²) >= 11 is 0. The lowest BCUT2D eigenvalue weighted by Gasteiger charge is -2.38. The normalized spacial score (nSPS) is 19.5. The molecular formula is C18H15N7O3. The third-order valence-electron chi connectivity index (χ3n) is 4.94. The largest absolute Gasteiger partial charge is 0.384 e. The number of carbonyl (C=O) groups is 1. The molecule has 2 aromatic rings. The molecule has 2 aliphatic rings. The maximum Gasteiger partial charge on any atom is 0.269 e. The lowest BCUT2D eigenvalue weighted by atomic mass is 9.75. The van der Waals surface area contributed by atoms with Crippen LogP contribution in [0.2, 0.25) is 0 Å². The van der Waals surface area contributed by atoms with Gasteiger partial charge < -0.3 is 5.73 Å². The number of nitrogens with two attached hydrogens (primary N) is 1. The molecule has 0 spiro atoms. The number of nitrogens with zero attached hydrogens (tertiary/aromatic N) is 5. The molecule has 0 amide bonds. The molecule has 140 valence electrons. The van der Waals surface area contributed by atoms with E-state index >= 15 is 0 Å². The van der Waals surface area contributed by atoms with Gasteiger partial charge in [0.25, 0.3) is 5.69 Å². The second-order valence-electron chi connectivity index (χ2n) is 6.48. The maximum atomic E-state index is 12.9. The Bertz CT molecular complexity index is 1080. The fourth-order valence-electron chi connectivity index (χ4n) is 3.79. The molecule has 28 heavy (non-hydrogen) atoms. The number of allylic oxidation sites excluding steroid dienone is 3. The van der Waals surface area contributed by atoms with Gasteiger partial charge in [0.1, 0.15) is 12.1 Å². The Morgan fingerprint density at radius 3 is 2.89 bits per heavy atom. The molecule has 1 atom stereocenters. The van der Waals surface area contributed by atoms with Crippen LogP contribution in [0.1, 0.15) is 30.7 Å². The molecule has 0 saturated carbocycles. The summed E-state index contributed by atoms with van der Waals surface area (Å²) in [5.74, 6) is -0.427. The van der Waals surface area contributed by atoms with Crippen molar-refractivity contribution in [3.8, 4) is 6.07 Å². The number of benzene rings is 1. The summed E-state index contributed by atoms with van der Waals surface area (Å²) in [5, 5.41) is 27.6. The van der Waals surface area contributed by atoms with Crippen molar-refractivity contribution >= 4 is 17.4 Å². The van der Waals surface area contributed by atoms with Crippen LogP contribution in [0.4, 0.5) is 11.6 Å². The Kier molecular flexibility index (Phi) is 4.12. The monoisotopic (exact) mass is 377 g/mol. The van der Waals surface area contributed by atoms with Gasteiger partial charge in [0, 0.05) is 29.8 Å². The van der Waals surface area contributed by atoms with Crippen molar-refractivity contribution < 1.29 is 9.72 Å². The zero-order chi connectivity index (χ0) is 19.8. The number of aromatic amines is 1. The van der Waals surface area contributed by atoms with Crippen LogP contribution in [0.5, 0.6) is 0 Å². The van der Waals surface area contributed by atoms with Gasteiger partial charge in [-0.15, -0.1) is 0 Å². The number of carbonyl (C=O) groups excluding carboxylic acids is 1. The standard InChI is InChI=1S/C18H15N7O3/c19-8-12-15(10-3-1-4-11(7-10)25(27)28)16-13(5-2-6-14(16)26)24(17(12)20)18-21-9-22-23-18/h1,3-4,7,9,15H,2,5-6,20H2,(H,21,22,23). The first-order valence-electron chi connectivity index (χ1n) is 8.58. The Morgan fingerprint density at radius 2 is 2.21 bits per heavy atom. The van der Waals surface area contributed by atoms with E-state index in [1.54, 1.807) is 11.0 Å². The minimum absolute atomic E-state index is 0.109. The van der Waals surface area contributed by atoms with Crippen molar-refractivity contribution in [2.45, 2.75) is 25.2 Å². The van der Waals surface area contributed by atoms with Gasteiger partial charge in [-0.3, -0.25) is 19.8 Å². The van der Waals surface area contributed by atoms with E-state index < -0.39 is 10.8 Å². The van der Waals surface area contributed by atoms with Crippen molar-refractivity contribution in [1.29, 1.82) is 5.26 Å². The van der Waals surface area contributed by atoms with Gasteiger partial charge in [-0.05, 0) is 18.4 Å². The minimum atomic E-state index is -0.758. The number of nitriles is 1. The number of ketones is 1. The third kappa shape index (κ3) is 2.61.